The van der Waals surface area contributed by atoms with Gasteiger partial charge in [0.25, 0.3) is 0 Å². The number of hydrogen-bond acceptors (Lipinski definition) is 4. The first-order valence-corrected chi connectivity index (χ1v) is 11.1. The van der Waals surface area contributed by atoms with E-state index in [1.54, 1.807) is 6.92 Å². The number of unbranched alkanes of at least 4 members (excludes halogenated alkanes) is 14. The van der Waals surface area contributed by atoms with Gasteiger partial charge in [-0.3, -0.25) is 0 Å². The molecule has 0 bridgehead atoms. The Hall–Kier alpha value is -1.26. The lowest BCUT2D eigenvalue weighted by atomic mass is 10.0. The van der Waals surface area contributed by atoms with Gasteiger partial charge in [-0.1, -0.05) is 96.8 Å². The molecule has 0 heterocycles. The van der Waals surface area contributed by atoms with Gasteiger partial charge in [0.2, 0.25) is 0 Å². The molecule has 5 heteroatoms. The van der Waals surface area contributed by atoms with Gasteiger partial charge in [0, 0.05) is 0 Å². The molecule has 0 aliphatic rings. The average Bonchev–Trinajstić information content (AvgIpc) is 2.67. The van der Waals surface area contributed by atoms with Crippen LogP contribution in [0, 0.1) is 0 Å². The van der Waals surface area contributed by atoms with E-state index in [4.69, 9.17) is 4.74 Å². The van der Waals surface area contributed by atoms with E-state index in [0.717, 1.165) is 12.8 Å². The highest BCUT2D eigenvalue weighted by atomic mass is 16.5. The van der Waals surface area contributed by atoms with Crippen molar-refractivity contribution in [2.75, 3.05) is 13.7 Å². The first kappa shape index (κ1) is 25.7. The van der Waals surface area contributed by atoms with E-state index >= 15 is 0 Å². The molecular formula is C22H43NO4. The van der Waals surface area contributed by atoms with Crippen LogP contribution < -0.4 is 5.32 Å². The van der Waals surface area contributed by atoms with Crippen LogP contribution >= 0.6 is 0 Å². The first-order valence-electron chi connectivity index (χ1n) is 11.1. The average molecular weight is 386 g/mol. The van der Waals surface area contributed by atoms with Gasteiger partial charge in [-0.2, -0.15) is 0 Å². The number of carbonyl (C=O) groups excluding carboxylic acids is 2. The molecule has 0 aliphatic heterocycles. The molecule has 0 saturated heterocycles. The number of esters is 1. The molecule has 0 unspecified atom stereocenters. The molecule has 0 aromatic rings. The second-order valence-electron chi connectivity index (χ2n) is 7.47. The number of carbonyl (C=O) groups is 2. The highest BCUT2D eigenvalue weighted by Crippen LogP contribution is 2.13. The first-order chi connectivity index (χ1) is 13.1. The Kier molecular flexibility index (Phi) is 18.6. The Morgan fingerprint density at radius 1 is 0.741 bits per heavy atom. The fourth-order valence-corrected chi connectivity index (χ4v) is 3.07. The zero-order valence-corrected chi connectivity index (χ0v) is 18.0. The minimum atomic E-state index is -0.672. The number of nitrogens with one attached hydrogen (secondary N) is 1. The Bertz CT molecular complexity index is 360. The highest BCUT2D eigenvalue weighted by Gasteiger charge is 2.16. The Labute approximate surface area is 167 Å². The van der Waals surface area contributed by atoms with E-state index < -0.39 is 18.1 Å². The number of rotatable bonds is 18. The molecule has 0 rings (SSSR count). The Morgan fingerprint density at radius 3 is 1.56 bits per heavy atom. The van der Waals surface area contributed by atoms with Gasteiger partial charge in [-0.05, 0) is 13.3 Å². The lowest BCUT2D eigenvalue weighted by Crippen LogP contribution is -2.39. The summed E-state index contributed by atoms with van der Waals surface area (Å²) in [6.07, 6.45) is 19.0. The molecule has 1 N–H and O–H groups in total. The maximum atomic E-state index is 11.6. The third kappa shape index (κ3) is 17.9. The van der Waals surface area contributed by atoms with Crippen molar-refractivity contribution in [1.82, 2.24) is 5.32 Å². The van der Waals surface area contributed by atoms with Crippen LogP contribution in [0.1, 0.15) is 110 Å². The molecule has 27 heavy (non-hydrogen) atoms. The van der Waals surface area contributed by atoms with E-state index in [1.165, 1.54) is 90.6 Å². The molecule has 0 saturated carbocycles. The van der Waals surface area contributed by atoms with E-state index in [1.807, 2.05) is 0 Å². The fraction of sp³-hybridized carbons (Fsp3) is 0.909. The van der Waals surface area contributed by atoms with Crippen LogP contribution in [0.25, 0.3) is 0 Å². The van der Waals surface area contributed by atoms with Crippen LogP contribution in [0.3, 0.4) is 0 Å². The summed E-state index contributed by atoms with van der Waals surface area (Å²) in [4.78, 5) is 22.7. The SMILES string of the molecule is CCCCCCCCCCCCCCCCCOC(=O)[C@H](C)NC(=O)OC. The van der Waals surface area contributed by atoms with Crippen molar-refractivity contribution >= 4 is 12.1 Å². The molecule has 0 aromatic heterocycles. The quantitative estimate of drug-likeness (QED) is 0.227. The lowest BCUT2D eigenvalue weighted by molar-refractivity contribution is -0.145. The van der Waals surface area contributed by atoms with Crippen molar-refractivity contribution < 1.29 is 19.1 Å². The summed E-state index contributed by atoms with van der Waals surface area (Å²) in [6, 6.07) is -0.672. The zero-order chi connectivity index (χ0) is 20.2. The van der Waals surface area contributed by atoms with Crippen LogP contribution in [0.5, 0.6) is 0 Å². The number of alkyl carbamates (subject to hydrolysis) is 1. The summed E-state index contributed by atoms with van der Waals surface area (Å²) in [5.74, 6) is -0.411. The summed E-state index contributed by atoms with van der Waals surface area (Å²) in [5, 5.41) is 2.40. The molecule has 1 atom stereocenters. The Morgan fingerprint density at radius 2 is 1.15 bits per heavy atom. The Balaban J connectivity index is 3.25. The zero-order valence-electron chi connectivity index (χ0n) is 18.0. The fourth-order valence-electron chi connectivity index (χ4n) is 3.07. The lowest BCUT2D eigenvalue weighted by Gasteiger charge is -2.12. The number of amides is 1. The van der Waals surface area contributed by atoms with Crippen molar-refractivity contribution in [3.8, 4) is 0 Å². The van der Waals surface area contributed by atoms with E-state index in [2.05, 4.69) is 17.0 Å². The molecule has 0 spiro atoms. The van der Waals surface area contributed by atoms with Gasteiger partial charge in [0.05, 0.1) is 13.7 Å². The van der Waals surface area contributed by atoms with Crippen molar-refractivity contribution in [2.24, 2.45) is 0 Å². The van der Waals surface area contributed by atoms with Crippen LogP contribution in [0.2, 0.25) is 0 Å². The maximum absolute atomic E-state index is 11.6. The minimum absolute atomic E-state index is 0.411. The van der Waals surface area contributed by atoms with Crippen molar-refractivity contribution in [2.45, 2.75) is 116 Å². The van der Waals surface area contributed by atoms with E-state index in [0.29, 0.717) is 6.61 Å². The van der Waals surface area contributed by atoms with Gasteiger partial charge in [-0.15, -0.1) is 0 Å². The predicted octanol–water partition coefficient (Wildman–Crippen LogP) is 6.15. The summed E-state index contributed by atoms with van der Waals surface area (Å²) < 4.78 is 9.60. The topological polar surface area (TPSA) is 64.6 Å². The monoisotopic (exact) mass is 385 g/mol. The van der Waals surface area contributed by atoms with Crippen molar-refractivity contribution in [1.29, 1.82) is 0 Å². The number of hydrogen-bond donors (Lipinski definition) is 1. The maximum Gasteiger partial charge on any atom is 0.407 e. The molecule has 0 aromatic carbocycles. The van der Waals surface area contributed by atoms with Crippen LogP contribution in [-0.4, -0.2) is 31.8 Å². The van der Waals surface area contributed by atoms with Crippen molar-refractivity contribution in [3.63, 3.8) is 0 Å². The van der Waals surface area contributed by atoms with Crippen LogP contribution in [0.15, 0.2) is 0 Å². The summed E-state index contributed by atoms with van der Waals surface area (Å²) in [6.45, 7) is 4.28. The standard InChI is InChI=1S/C22H43NO4/c1-4-5-6-7-8-9-10-11-12-13-14-15-16-17-18-19-27-21(24)20(2)23-22(25)26-3/h20H,4-19H2,1-3H3,(H,23,25)/t20-/m0/s1. The summed E-state index contributed by atoms with van der Waals surface area (Å²) in [7, 11) is 1.27. The van der Waals surface area contributed by atoms with Gasteiger partial charge in [-0.25, -0.2) is 9.59 Å². The van der Waals surface area contributed by atoms with Gasteiger partial charge >= 0.3 is 12.1 Å². The molecule has 0 fully saturated rings. The number of methoxy groups -OCH3 is 1. The normalized spacial score (nSPS) is 11.8. The molecule has 1 amide bonds. The molecule has 160 valence electrons. The molecule has 0 radical (unpaired) electrons. The molecule has 5 nitrogen and oxygen atoms in total. The summed E-state index contributed by atoms with van der Waals surface area (Å²) in [5.41, 5.74) is 0. The third-order valence-electron chi connectivity index (χ3n) is 4.87. The smallest absolute Gasteiger partial charge is 0.407 e. The summed E-state index contributed by atoms with van der Waals surface area (Å²) >= 11 is 0. The highest BCUT2D eigenvalue weighted by molar-refractivity contribution is 5.80. The van der Waals surface area contributed by atoms with E-state index in [-0.39, 0.29) is 0 Å². The van der Waals surface area contributed by atoms with Gasteiger partial charge < -0.3 is 14.8 Å². The largest absolute Gasteiger partial charge is 0.464 e. The second-order valence-corrected chi connectivity index (χ2v) is 7.47. The van der Waals surface area contributed by atoms with Crippen LogP contribution in [0.4, 0.5) is 4.79 Å². The van der Waals surface area contributed by atoms with E-state index in [9.17, 15) is 9.59 Å². The van der Waals surface area contributed by atoms with Crippen molar-refractivity contribution in [3.05, 3.63) is 0 Å². The second kappa shape index (κ2) is 19.5. The van der Waals surface area contributed by atoms with Crippen LogP contribution in [-0.2, 0) is 14.3 Å². The number of ether oxygens (including phenoxy) is 2. The predicted molar refractivity (Wildman–Crippen MR) is 111 cm³/mol. The molecule has 0 aliphatic carbocycles. The van der Waals surface area contributed by atoms with Gasteiger partial charge in [0.15, 0.2) is 0 Å². The molecular weight excluding hydrogens is 342 g/mol. The van der Waals surface area contributed by atoms with Gasteiger partial charge in [0.1, 0.15) is 6.04 Å². The minimum Gasteiger partial charge on any atom is -0.464 e. The third-order valence-corrected chi connectivity index (χ3v) is 4.87.